The molecule has 0 bridgehead atoms. The Morgan fingerprint density at radius 1 is 1.26 bits per heavy atom. The highest BCUT2D eigenvalue weighted by Crippen LogP contribution is 2.36. The van der Waals surface area contributed by atoms with Gasteiger partial charge in [-0.05, 0) is 37.3 Å². The quantitative estimate of drug-likeness (QED) is 0.333. The number of ether oxygens (including phenoxy) is 4. The lowest BCUT2D eigenvalue weighted by atomic mass is 10.1. The molecule has 0 unspecified atom stereocenters. The molecule has 1 N–H and O–H groups in total. The number of nitrogens with zero attached hydrogens (tertiary/aromatic N) is 3. The van der Waals surface area contributed by atoms with Crippen LogP contribution < -0.4 is 24.3 Å². The first kappa shape index (κ1) is 24.5. The van der Waals surface area contributed by atoms with Gasteiger partial charge in [0.25, 0.3) is 0 Å². The molecule has 0 spiro atoms. The number of aromatic nitrogens is 3. The fraction of sp³-hybridized carbons (Fsp3) is 0.320. The Balaban J connectivity index is 1.42. The summed E-state index contributed by atoms with van der Waals surface area (Å²) in [6, 6.07) is 12.7. The van der Waals surface area contributed by atoms with E-state index in [0.717, 1.165) is 5.56 Å². The summed E-state index contributed by atoms with van der Waals surface area (Å²) in [5, 5.41) is 12.2. The number of benzene rings is 2. The molecule has 1 amide bonds. The van der Waals surface area contributed by atoms with Crippen LogP contribution in [0.4, 0.5) is 0 Å². The van der Waals surface area contributed by atoms with E-state index in [4.69, 9.17) is 18.9 Å². The van der Waals surface area contributed by atoms with E-state index in [1.807, 2.05) is 54.0 Å². The standard InChI is InChI=1S/C25H28N4O5S/c1-5-12-29-24(22-14-33-20-8-6-7-9-21(20)34-22)27-28-25(29)35-15-23(30)26-16(2)18-13-17(31-3)10-11-19(18)32-4/h5-11,13,16,22H,1,12,14-15H2,2-4H3,(H,26,30)/t16-,22-/m0/s1. The number of thioether (sulfide) groups is 1. The third-order valence-corrected chi connectivity index (χ3v) is 6.43. The summed E-state index contributed by atoms with van der Waals surface area (Å²) in [5.41, 5.74) is 0.831. The molecule has 2 heterocycles. The maximum atomic E-state index is 12.7. The van der Waals surface area contributed by atoms with Gasteiger partial charge < -0.3 is 24.3 Å². The number of nitrogens with one attached hydrogen (secondary N) is 1. The molecular formula is C25H28N4O5S. The fourth-order valence-corrected chi connectivity index (χ4v) is 4.53. The second kappa shape index (κ2) is 11.2. The molecular weight excluding hydrogens is 468 g/mol. The van der Waals surface area contributed by atoms with E-state index in [2.05, 4.69) is 22.1 Å². The summed E-state index contributed by atoms with van der Waals surface area (Å²) in [6.45, 7) is 6.53. The van der Waals surface area contributed by atoms with Gasteiger partial charge in [0, 0.05) is 12.1 Å². The van der Waals surface area contributed by atoms with Crippen molar-refractivity contribution in [3.8, 4) is 23.0 Å². The van der Waals surface area contributed by atoms with Crippen LogP contribution in [0.25, 0.3) is 0 Å². The monoisotopic (exact) mass is 496 g/mol. The summed E-state index contributed by atoms with van der Waals surface area (Å²) in [4.78, 5) is 12.7. The minimum absolute atomic E-state index is 0.145. The normalized spacial score (nSPS) is 15.2. The lowest BCUT2D eigenvalue weighted by molar-refractivity contribution is -0.119. The van der Waals surface area contributed by atoms with Crippen molar-refractivity contribution in [3.63, 3.8) is 0 Å². The van der Waals surface area contributed by atoms with Crippen LogP contribution in [-0.2, 0) is 11.3 Å². The predicted octanol–water partition coefficient (Wildman–Crippen LogP) is 3.96. The van der Waals surface area contributed by atoms with Gasteiger partial charge in [0.05, 0.1) is 26.0 Å². The predicted molar refractivity (Wildman–Crippen MR) is 132 cm³/mol. The Morgan fingerprint density at radius 2 is 2.06 bits per heavy atom. The number of carbonyl (C=O) groups is 1. The van der Waals surface area contributed by atoms with E-state index >= 15 is 0 Å². The van der Waals surface area contributed by atoms with E-state index in [9.17, 15) is 4.79 Å². The molecule has 2 atom stereocenters. The molecule has 184 valence electrons. The van der Waals surface area contributed by atoms with Crippen LogP contribution in [0.2, 0.25) is 0 Å². The van der Waals surface area contributed by atoms with Crippen molar-refractivity contribution in [2.24, 2.45) is 0 Å². The molecule has 4 rings (SSSR count). The number of allylic oxidation sites excluding steroid dienone is 1. The highest BCUT2D eigenvalue weighted by molar-refractivity contribution is 7.99. The Bertz CT molecular complexity index is 1200. The molecule has 35 heavy (non-hydrogen) atoms. The highest BCUT2D eigenvalue weighted by atomic mass is 32.2. The van der Waals surface area contributed by atoms with Crippen LogP contribution in [0.5, 0.6) is 23.0 Å². The van der Waals surface area contributed by atoms with E-state index in [-0.39, 0.29) is 17.7 Å². The van der Waals surface area contributed by atoms with Crippen LogP contribution in [0, 0.1) is 0 Å². The van der Waals surface area contributed by atoms with Crippen molar-refractivity contribution in [1.29, 1.82) is 0 Å². The van der Waals surface area contributed by atoms with Gasteiger partial charge in [-0.1, -0.05) is 30.0 Å². The first-order valence-electron chi connectivity index (χ1n) is 11.1. The maximum absolute atomic E-state index is 12.7. The van der Waals surface area contributed by atoms with Gasteiger partial charge in [-0.15, -0.1) is 16.8 Å². The van der Waals surface area contributed by atoms with Gasteiger partial charge in [0.15, 0.2) is 28.6 Å². The Kier molecular flexibility index (Phi) is 7.81. The summed E-state index contributed by atoms with van der Waals surface area (Å²) in [7, 11) is 3.20. The van der Waals surface area contributed by atoms with Crippen molar-refractivity contribution in [2.45, 2.75) is 30.8 Å². The molecule has 3 aromatic rings. The molecule has 1 aliphatic heterocycles. The van der Waals surface area contributed by atoms with Crippen molar-refractivity contribution in [1.82, 2.24) is 20.1 Å². The molecule has 0 radical (unpaired) electrons. The third kappa shape index (κ3) is 5.54. The number of fused-ring (bicyclic) bond motifs is 1. The number of amides is 1. The molecule has 0 fully saturated rings. The zero-order valence-corrected chi connectivity index (χ0v) is 20.7. The van der Waals surface area contributed by atoms with Crippen molar-refractivity contribution in [2.75, 3.05) is 26.6 Å². The molecule has 10 heteroatoms. The van der Waals surface area contributed by atoms with Gasteiger partial charge >= 0.3 is 0 Å². The lowest BCUT2D eigenvalue weighted by Gasteiger charge is -2.26. The summed E-state index contributed by atoms with van der Waals surface area (Å²) < 4.78 is 24.6. The van der Waals surface area contributed by atoms with Gasteiger partial charge in [0.2, 0.25) is 5.91 Å². The number of hydrogen-bond acceptors (Lipinski definition) is 8. The summed E-state index contributed by atoms with van der Waals surface area (Å²) in [5.74, 6) is 3.37. The van der Waals surface area contributed by atoms with Crippen LogP contribution in [0.15, 0.2) is 60.3 Å². The van der Waals surface area contributed by atoms with Gasteiger partial charge in [-0.3, -0.25) is 9.36 Å². The molecule has 0 saturated carbocycles. The number of carbonyl (C=O) groups excluding carboxylic acids is 1. The number of rotatable bonds is 10. The third-order valence-electron chi connectivity index (χ3n) is 5.47. The van der Waals surface area contributed by atoms with Crippen LogP contribution in [0.1, 0.15) is 30.5 Å². The number of methoxy groups -OCH3 is 2. The van der Waals surface area contributed by atoms with Crippen LogP contribution >= 0.6 is 11.8 Å². The maximum Gasteiger partial charge on any atom is 0.230 e. The second-order valence-electron chi connectivity index (χ2n) is 7.79. The molecule has 1 aliphatic rings. The van der Waals surface area contributed by atoms with E-state index in [1.165, 1.54) is 11.8 Å². The summed E-state index contributed by atoms with van der Waals surface area (Å²) in [6.07, 6.45) is 1.34. The number of hydrogen-bond donors (Lipinski definition) is 1. The van der Waals surface area contributed by atoms with E-state index in [1.54, 1.807) is 20.3 Å². The molecule has 0 saturated heterocycles. The Morgan fingerprint density at radius 3 is 2.80 bits per heavy atom. The van der Waals surface area contributed by atoms with E-state index < -0.39 is 6.10 Å². The zero-order chi connectivity index (χ0) is 24.8. The van der Waals surface area contributed by atoms with Crippen LogP contribution in [-0.4, -0.2) is 47.3 Å². The molecule has 0 aliphatic carbocycles. The van der Waals surface area contributed by atoms with Crippen molar-refractivity contribution >= 4 is 17.7 Å². The average molecular weight is 497 g/mol. The van der Waals surface area contributed by atoms with Gasteiger partial charge in [-0.2, -0.15) is 0 Å². The largest absolute Gasteiger partial charge is 0.497 e. The first-order valence-corrected chi connectivity index (χ1v) is 12.1. The zero-order valence-electron chi connectivity index (χ0n) is 19.9. The number of para-hydroxylation sites is 2. The smallest absolute Gasteiger partial charge is 0.230 e. The van der Waals surface area contributed by atoms with E-state index in [0.29, 0.717) is 47.1 Å². The lowest BCUT2D eigenvalue weighted by Crippen LogP contribution is -2.28. The van der Waals surface area contributed by atoms with Crippen molar-refractivity contribution in [3.05, 3.63) is 66.5 Å². The van der Waals surface area contributed by atoms with Gasteiger partial charge in [0.1, 0.15) is 18.1 Å². The minimum Gasteiger partial charge on any atom is -0.497 e. The first-order chi connectivity index (χ1) is 17.0. The summed E-state index contributed by atoms with van der Waals surface area (Å²) >= 11 is 1.30. The molecule has 9 nitrogen and oxygen atoms in total. The molecule has 1 aromatic heterocycles. The topological polar surface area (TPSA) is 96.7 Å². The minimum atomic E-state index is -0.416. The Labute approximate surface area is 208 Å². The Hall–Kier alpha value is -3.66. The average Bonchev–Trinajstić information content (AvgIpc) is 3.29. The van der Waals surface area contributed by atoms with Crippen LogP contribution in [0.3, 0.4) is 0 Å². The fourth-order valence-electron chi connectivity index (χ4n) is 3.76. The highest BCUT2D eigenvalue weighted by Gasteiger charge is 2.28. The SMILES string of the molecule is C=CCn1c(SCC(=O)N[C@@H](C)c2cc(OC)ccc2OC)nnc1[C@@H]1COc2ccccc2O1. The second-order valence-corrected chi connectivity index (χ2v) is 8.73. The molecule has 2 aromatic carbocycles. The van der Waals surface area contributed by atoms with Crippen molar-refractivity contribution < 1.29 is 23.7 Å². The van der Waals surface area contributed by atoms with Gasteiger partial charge in [-0.25, -0.2) is 0 Å².